The second-order valence-electron chi connectivity index (χ2n) is 16.4. The molecule has 12 nitrogen and oxygen atoms in total. The van der Waals surface area contributed by atoms with E-state index < -0.39 is 48.1 Å². The van der Waals surface area contributed by atoms with Gasteiger partial charge in [0, 0.05) is 56.0 Å². The average Bonchev–Trinajstić information content (AvgIpc) is 3.09. The van der Waals surface area contributed by atoms with Crippen LogP contribution in [0.4, 0.5) is 4.79 Å². The number of likely N-dealkylation sites (N-methyl/N-ethyl adjacent to an activating group) is 1. The fraction of sp³-hybridized carbons (Fsp3) is 0.659. The first-order chi connectivity index (χ1) is 25.1. The molecule has 6 bridgehead atoms. The maximum atomic E-state index is 14.1. The molecule has 1 heterocycles. The molecule has 6 rings (SSSR count). The van der Waals surface area contributed by atoms with E-state index in [1.807, 2.05) is 13.8 Å². The lowest BCUT2D eigenvalue weighted by Gasteiger charge is -2.60. The van der Waals surface area contributed by atoms with E-state index in [2.05, 4.69) is 22.6 Å². The molecule has 0 aromatic heterocycles. The number of nitrogens with one attached hydrogen (secondary N) is 2. The summed E-state index contributed by atoms with van der Waals surface area (Å²) in [5.41, 5.74) is 6.97. The molecule has 5 N–H and O–H groups in total. The van der Waals surface area contributed by atoms with Crippen molar-refractivity contribution in [2.45, 2.75) is 109 Å². The van der Waals surface area contributed by atoms with E-state index in [0.717, 1.165) is 24.3 Å². The topological polar surface area (TPSA) is 170 Å². The molecule has 0 spiro atoms. The molecule has 4 fully saturated rings. The quantitative estimate of drug-likeness (QED) is 0.209. The lowest BCUT2D eigenvalue weighted by atomic mass is 9.52. The molecule has 53 heavy (non-hydrogen) atoms. The van der Waals surface area contributed by atoms with Gasteiger partial charge in [0.2, 0.25) is 11.6 Å². The number of hydrogen-bond donors (Lipinski definition) is 4. The number of nitrogens with two attached hydrogens (primary N) is 1. The van der Waals surface area contributed by atoms with Gasteiger partial charge in [-0.1, -0.05) is 38.2 Å². The zero-order valence-corrected chi connectivity index (χ0v) is 32.5. The third-order valence-electron chi connectivity index (χ3n) is 12.4. The van der Waals surface area contributed by atoms with Gasteiger partial charge in [-0.3, -0.25) is 19.3 Å². The van der Waals surface area contributed by atoms with E-state index in [1.54, 1.807) is 32.1 Å². The summed E-state index contributed by atoms with van der Waals surface area (Å²) in [5.74, 6) is 0.482. The summed E-state index contributed by atoms with van der Waals surface area (Å²) < 4.78 is 16.8. The van der Waals surface area contributed by atoms with Crippen molar-refractivity contribution in [2.75, 3.05) is 34.4 Å². The van der Waals surface area contributed by atoms with Crippen molar-refractivity contribution in [3.8, 4) is 0 Å². The van der Waals surface area contributed by atoms with Crippen molar-refractivity contribution < 1.29 is 38.5 Å². The highest BCUT2D eigenvalue weighted by atomic mass is 16.6. The molecule has 0 aromatic rings. The van der Waals surface area contributed by atoms with Crippen molar-refractivity contribution in [1.82, 2.24) is 15.5 Å². The van der Waals surface area contributed by atoms with Gasteiger partial charge in [-0.05, 0) is 102 Å². The van der Waals surface area contributed by atoms with Gasteiger partial charge in [0.25, 0.3) is 5.91 Å². The number of allylic oxidation sites excluding steroid dienone is 4. The van der Waals surface area contributed by atoms with Gasteiger partial charge in [0.1, 0.15) is 6.10 Å². The largest absolute Gasteiger partial charge is 0.439 e. The van der Waals surface area contributed by atoms with Crippen LogP contribution in [0.25, 0.3) is 0 Å². The van der Waals surface area contributed by atoms with E-state index in [9.17, 15) is 24.3 Å². The number of aliphatic hydroxyl groups is 1. The average molecular weight is 737 g/mol. The van der Waals surface area contributed by atoms with Gasteiger partial charge in [-0.15, -0.1) is 0 Å². The zero-order valence-electron chi connectivity index (χ0n) is 32.5. The van der Waals surface area contributed by atoms with Crippen LogP contribution >= 0.6 is 0 Å². The van der Waals surface area contributed by atoms with Gasteiger partial charge < -0.3 is 35.7 Å². The number of amides is 2. The van der Waals surface area contributed by atoms with Crippen LogP contribution in [0.5, 0.6) is 0 Å². The third-order valence-corrected chi connectivity index (χ3v) is 12.4. The Kier molecular flexibility index (Phi) is 13.2. The molecule has 0 unspecified atom stereocenters. The Balaban J connectivity index is 1.41. The monoisotopic (exact) mass is 736 g/mol. The number of hydrogen-bond acceptors (Lipinski definition) is 10. The molecule has 12 heteroatoms. The number of carbonyl (C=O) groups is 4. The fourth-order valence-electron chi connectivity index (χ4n) is 9.90. The molecular weight excluding hydrogens is 676 g/mol. The normalized spacial score (nSPS) is 38.1. The molecule has 6 atom stereocenters. The predicted octanol–water partition coefficient (Wildman–Crippen LogP) is 4.25. The maximum absolute atomic E-state index is 14.1. The Bertz CT molecular complexity index is 1540. The molecule has 0 aromatic carbocycles. The lowest BCUT2D eigenvalue weighted by molar-refractivity contribution is -0.120. The summed E-state index contributed by atoms with van der Waals surface area (Å²) in [6.07, 6.45) is 11.9. The minimum absolute atomic E-state index is 0.0884. The lowest BCUT2D eigenvalue weighted by Crippen LogP contribution is -2.59. The number of rotatable bonds is 8. The summed E-state index contributed by atoms with van der Waals surface area (Å²) in [7, 11) is 5.18. The predicted molar refractivity (Wildman–Crippen MR) is 201 cm³/mol. The number of Topliss-reactive ketones (excluding diaryl/α,β-unsaturated/α-hetero) is 1. The maximum Gasteiger partial charge on any atom is 0.405 e. The van der Waals surface area contributed by atoms with Gasteiger partial charge in [0.05, 0.1) is 23.6 Å². The van der Waals surface area contributed by atoms with Crippen LogP contribution in [0.3, 0.4) is 0 Å². The zero-order chi connectivity index (χ0) is 38.6. The van der Waals surface area contributed by atoms with Crippen LogP contribution in [0, 0.1) is 29.6 Å². The number of fused-ring (bicyclic) bond motifs is 2. The van der Waals surface area contributed by atoms with E-state index in [0.29, 0.717) is 24.1 Å². The van der Waals surface area contributed by atoms with Crippen molar-refractivity contribution >= 4 is 23.6 Å². The number of ether oxygens (including phenoxy) is 3. The van der Waals surface area contributed by atoms with Crippen LogP contribution in [0.1, 0.15) is 79.1 Å². The fourth-order valence-corrected chi connectivity index (χ4v) is 9.90. The van der Waals surface area contributed by atoms with E-state index in [4.69, 9.17) is 19.9 Å². The second kappa shape index (κ2) is 17.3. The summed E-state index contributed by atoms with van der Waals surface area (Å²) >= 11 is 0. The van der Waals surface area contributed by atoms with Gasteiger partial charge >= 0.3 is 6.09 Å². The standard InChI is InChI=1S/C41H60N4O8/c1-23-13-30-35(43-11-12-45(5)41-20-27-16-28(21-41)18-29(17-27)22-41)32(46)19-31(37(30)48)44-39(49)24(2)9-8-10-33(51-6)38(53-40(42)50)26(4)15-25(3)36(47)34(14-23)52-7/h8-10,15,19,23,25,27-29,33-34,36,38,43,47H,11-14,16-18,20-22H2,1-7H3,(H2,42,50)(H,44,49)/b10-8-,24-9+,26-15+/t23-,25+,27?,28?,29?,33+,34+,36-,38+,41?/m1/s1. The second-order valence-corrected chi connectivity index (χ2v) is 16.4. The van der Waals surface area contributed by atoms with Crippen molar-refractivity contribution in [3.63, 3.8) is 0 Å². The molecule has 1 aliphatic heterocycles. The smallest absolute Gasteiger partial charge is 0.405 e. The Labute approximate surface area is 314 Å². The first-order valence-electron chi connectivity index (χ1n) is 19.2. The van der Waals surface area contributed by atoms with Crippen LogP contribution in [0.15, 0.2) is 58.5 Å². The van der Waals surface area contributed by atoms with Crippen LogP contribution in [-0.2, 0) is 28.6 Å². The van der Waals surface area contributed by atoms with E-state index >= 15 is 0 Å². The summed E-state index contributed by atoms with van der Waals surface area (Å²) in [4.78, 5) is 55.5. The molecule has 5 aliphatic carbocycles. The van der Waals surface area contributed by atoms with Crippen molar-refractivity contribution in [2.24, 2.45) is 35.3 Å². The Morgan fingerprint density at radius 3 is 2.26 bits per heavy atom. The highest BCUT2D eigenvalue weighted by Gasteiger charge is 2.52. The number of ketones is 2. The Morgan fingerprint density at radius 2 is 1.68 bits per heavy atom. The minimum Gasteiger partial charge on any atom is -0.439 e. The number of primary amides is 1. The van der Waals surface area contributed by atoms with Crippen LogP contribution in [-0.4, -0.2) is 97.9 Å². The highest BCUT2D eigenvalue weighted by Crippen LogP contribution is 2.57. The van der Waals surface area contributed by atoms with Gasteiger partial charge in [-0.25, -0.2) is 4.79 Å². The summed E-state index contributed by atoms with van der Waals surface area (Å²) in [5, 5.41) is 17.5. The number of nitrogens with zero attached hydrogens (tertiary/aromatic N) is 1. The molecular formula is C41H60N4O8. The minimum atomic E-state index is -0.990. The van der Waals surface area contributed by atoms with Gasteiger partial charge in [-0.2, -0.15) is 0 Å². The molecule has 0 saturated heterocycles. The summed E-state index contributed by atoms with van der Waals surface area (Å²) in [6, 6.07) is 0. The molecule has 4 saturated carbocycles. The Hall–Kier alpha value is -3.58. The first kappa shape index (κ1) is 40.6. The number of aliphatic hydroxyl groups excluding tert-OH is 1. The van der Waals surface area contributed by atoms with Crippen LogP contribution in [0.2, 0.25) is 0 Å². The Morgan fingerprint density at radius 1 is 1.04 bits per heavy atom. The van der Waals surface area contributed by atoms with Crippen LogP contribution < -0.4 is 16.4 Å². The number of carbonyl (C=O) groups excluding carboxylic acids is 4. The highest BCUT2D eigenvalue weighted by molar-refractivity contribution is 6.23. The molecule has 6 aliphatic rings. The third kappa shape index (κ3) is 9.39. The molecule has 0 radical (unpaired) electrons. The van der Waals surface area contributed by atoms with E-state index in [1.165, 1.54) is 64.9 Å². The summed E-state index contributed by atoms with van der Waals surface area (Å²) in [6.45, 7) is 8.37. The van der Waals surface area contributed by atoms with Crippen molar-refractivity contribution in [3.05, 3.63) is 58.5 Å². The van der Waals surface area contributed by atoms with E-state index in [-0.39, 0.29) is 40.6 Å². The SMILES string of the molecule is CO[C@H]1/C=C\C=C(/C)C(=O)NC2=CC(=O)C(NCCN(C)C34CC5CC(CC(C5)C3)C4)=C(C[C@@H](C)C[C@H](OC)[C@H](O)[C@@H](C)/C=C(\C)[C@@H]1OC(N)=O)C2=O. The van der Waals surface area contributed by atoms with Crippen molar-refractivity contribution in [1.29, 1.82) is 0 Å². The molecule has 2 amide bonds. The first-order valence-corrected chi connectivity index (χ1v) is 19.2. The number of methoxy groups -OCH3 is 2. The van der Waals surface area contributed by atoms with Gasteiger partial charge in [0.15, 0.2) is 6.10 Å². The molecule has 292 valence electrons.